The minimum atomic E-state index is -0.451. The average molecular weight is 403 g/mol. The quantitative estimate of drug-likeness (QED) is 0.514. The molecular formula is C23H30FNO4. The van der Waals surface area contributed by atoms with E-state index in [2.05, 4.69) is 13.2 Å². The Labute approximate surface area is 172 Å². The highest BCUT2D eigenvalue weighted by Gasteiger charge is 2.18. The SMILES string of the molecule is C=C(Cc1ccc(F)cc1C(=O)N(C)Cc1ccc(OC)cc1)OC.C=CC.O. The summed E-state index contributed by atoms with van der Waals surface area (Å²) in [5, 5.41) is 0. The standard InChI is InChI=1S/C20H22FNO3.C3H6.H2O/c1-14(24-3)11-16-7-8-17(21)12-19(16)20(23)22(2)13-15-5-9-18(25-4)10-6-15;1-3-2;/h5-10,12H,1,11,13H2,2-4H3;3H,1H2,2H3;1H2. The Kier molecular flexibility index (Phi) is 11.7. The molecule has 5 nitrogen and oxygen atoms in total. The Morgan fingerprint density at radius 3 is 2.28 bits per heavy atom. The van der Waals surface area contributed by atoms with Gasteiger partial charge in [-0.3, -0.25) is 4.79 Å². The summed E-state index contributed by atoms with van der Waals surface area (Å²) in [5.41, 5.74) is 1.95. The van der Waals surface area contributed by atoms with E-state index in [1.807, 2.05) is 31.2 Å². The van der Waals surface area contributed by atoms with E-state index in [0.717, 1.165) is 11.3 Å². The number of allylic oxidation sites excluding steroid dienone is 2. The van der Waals surface area contributed by atoms with Gasteiger partial charge < -0.3 is 19.8 Å². The van der Waals surface area contributed by atoms with Crippen molar-refractivity contribution < 1.29 is 24.1 Å². The van der Waals surface area contributed by atoms with Crippen LogP contribution in [0.15, 0.2) is 67.5 Å². The number of nitrogens with zero attached hydrogens (tertiary/aromatic N) is 1. The van der Waals surface area contributed by atoms with E-state index < -0.39 is 5.82 Å². The van der Waals surface area contributed by atoms with Crippen molar-refractivity contribution in [3.63, 3.8) is 0 Å². The molecule has 0 spiro atoms. The Morgan fingerprint density at radius 1 is 1.17 bits per heavy atom. The van der Waals surface area contributed by atoms with E-state index in [1.54, 1.807) is 31.2 Å². The number of ether oxygens (including phenoxy) is 2. The van der Waals surface area contributed by atoms with Crippen molar-refractivity contribution in [2.24, 2.45) is 0 Å². The molecule has 0 unspecified atom stereocenters. The summed E-state index contributed by atoms with van der Waals surface area (Å²) < 4.78 is 23.9. The Hall–Kier alpha value is -3.12. The molecule has 0 aliphatic heterocycles. The van der Waals surface area contributed by atoms with E-state index >= 15 is 0 Å². The molecule has 2 aromatic rings. The molecule has 0 saturated heterocycles. The third kappa shape index (κ3) is 8.19. The summed E-state index contributed by atoms with van der Waals surface area (Å²) in [7, 11) is 4.81. The number of benzene rings is 2. The highest BCUT2D eigenvalue weighted by atomic mass is 19.1. The largest absolute Gasteiger partial charge is 0.501 e. The fraction of sp³-hybridized carbons (Fsp3) is 0.261. The number of carbonyl (C=O) groups excluding carboxylic acids is 1. The summed E-state index contributed by atoms with van der Waals surface area (Å²) in [6.45, 7) is 9.42. The van der Waals surface area contributed by atoms with Gasteiger partial charge in [-0.2, -0.15) is 0 Å². The maximum atomic E-state index is 13.7. The molecule has 1 amide bonds. The number of rotatable bonds is 7. The van der Waals surface area contributed by atoms with Crippen molar-refractivity contribution in [3.05, 3.63) is 90.0 Å². The zero-order valence-electron chi connectivity index (χ0n) is 17.5. The lowest BCUT2D eigenvalue weighted by molar-refractivity contribution is 0.0783. The first-order valence-electron chi connectivity index (χ1n) is 8.81. The van der Waals surface area contributed by atoms with Gasteiger partial charge in [0.25, 0.3) is 5.91 Å². The third-order valence-corrected chi connectivity index (χ3v) is 3.90. The highest BCUT2D eigenvalue weighted by molar-refractivity contribution is 5.95. The van der Waals surface area contributed by atoms with Crippen LogP contribution in [0.2, 0.25) is 0 Å². The number of hydrogen-bond donors (Lipinski definition) is 0. The van der Waals surface area contributed by atoms with Gasteiger partial charge in [-0.1, -0.05) is 30.9 Å². The maximum Gasteiger partial charge on any atom is 0.254 e. The predicted octanol–water partition coefficient (Wildman–Crippen LogP) is 4.18. The van der Waals surface area contributed by atoms with Gasteiger partial charge in [-0.15, -0.1) is 6.58 Å². The van der Waals surface area contributed by atoms with E-state index in [0.29, 0.717) is 29.9 Å². The number of carbonyl (C=O) groups is 1. The lowest BCUT2D eigenvalue weighted by Gasteiger charge is -2.20. The molecule has 2 rings (SSSR count). The van der Waals surface area contributed by atoms with Gasteiger partial charge in [0.1, 0.15) is 11.6 Å². The minimum Gasteiger partial charge on any atom is -0.501 e. The second-order valence-corrected chi connectivity index (χ2v) is 6.14. The predicted molar refractivity (Wildman–Crippen MR) is 115 cm³/mol. The summed E-state index contributed by atoms with van der Waals surface area (Å²) in [6.07, 6.45) is 2.11. The lowest BCUT2D eigenvalue weighted by atomic mass is 10.0. The van der Waals surface area contributed by atoms with Crippen LogP contribution in [-0.2, 0) is 17.7 Å². The van der Waals surface area contributed by atoms with Crippen LogP contribution in [0.5, 0.6) is 5.75 Å². The first-order valence-corrected chi connectivity index (χ1v) is 8.81. The summed E-state index contributed by atoms with van der Waals surface area (Å²) >= 11 is 0. The van der Waals surface area contributed by atoms with E-state index in [1.165, 1.54) is 19.2 Å². The molecule has 0 heterocycles. The fourth-order valence-corrected chi connectivity index (χ4v) is 2.47. The van der Waals surface area contributed by atoms with Crippen LogP contribution in [0.25, 0.3) is 0 Å². The summed E-state index contributed by atoms with van der Waals surface area (Å²) in [4.78, 5) is 14.3. The molecule has 2 N–H and O–H groups in total. The Balaban J connectivity index is 0.00000184. The lowest BCUT2D eigenvalue weighted by Crippen LogP contribution is -2.27. The van der Waals surface area contributed by atoms with Crippen LogP contribution < -0.4 is 4.74 Å². The second kappa shape index (κ2) is 13.1. The number of amides is 1. The second-order valence-electron chi connectivity index (χ2n) is 6.14. The molecule has 0 aliphatic carbocycles. The molecule has 158 valence electrons. The van der Waals surface area contributed by atoms with Crippen molar-refractivity contribution in [2.75, 3.05) is 21.3 Å². The Bertz CT molecular complexity index is 803. The van der Waals surface area contributed by atoms with Gasteiger partial charge >= 0.3 is 0 Å². The monoisotopic (exact) mass is 403 g/mol. The van der Waals surface area contributed by atoms with Gasteiger partial charge in [-0.05, 0) is 42.3 Å². The molecule has 2 aromatic carbocycles. The summed E-state index contributed by atoms with van der Waals surface area (Å²) in [6, 6.07) is 11.6. The molecule has 0 bridgehead atoms. The van der Waals surface area contributed by atoms with Gasteiger partial charge in [0.05, 0.1) is 20.0 Å². The van der Waals surface area contributed by atoms with Gasteiger partial charge in [-0.25, -0.2) is 4.39 Å². The van der Waals surface area contributed by atoms with E-state index in [4.69, 9.17) is 9.47 Å². The molecule has 0 radical (unpaired) electrons. The van der Waals surface area contributed by atoms with Gasteiger partial charge in [0, 0.05) is 25.6 Å². The van der Waals surface area contributed by atoms with Crippen LogP contribution >= 0.6 is 0 Å². The normalized spacial score (nSPS) is 9.28. The highest BCUT2D eigenvalue weighted by Crippen LogP contribution is 2.19. The van der Waals surface area contributed by atoms with Gasteiger partial charge in [0.2, 0.25) is 0 Å². The number of hydrogen-bond acceptors (Lipinski definition) is 3. The topological polar surface area (TPSA) is 70.3 Å². The molecular weight excluding hydrogens is 373 g/mol. The Morgan fingerprint density at radius 2 is 1.76 bits per heavy atom. The smallest absolute Gasteiger partial charge is 0.254 e. The molecule has 6 heteroatoms. The van der Waals surface area contributed by atoms with Crippen molar-refractivity contribution in [2.45, 2.75) is 19.9 Å². The van der Waals surface area contributed by atoms with Gasteiger partial charge in [0.15, 0.2) is 0 Å². The molecule has 29 heavy (non-hydrogen) atoms. The summed E-state index contributed by atoms with van der Waals surface area (Å²) in [5.74, 6) is 0.559. The third-order valence-electron chi connectivity index (χ3n) is 3.90. The van der Waals surface area contributed by atoms with Crippen molar-refractivity contribution in [3.8, 4) is 5.75 Å². The van der Waals surface area contributed by atoms with Crippen molar-refractivity contribution in [1.82, 2.24) is 4.90 Å². The first kappa shape index (κ1) is 25.9. The van der Waals surface area contributed by atoms with Crippen LogP contribution in [0, 0.1) is 5.82 Å². The van der Waals surface area contributed by atoms with Crippen molar-refractivity contribution >= 4 is 5.91 Å². The van der Waals surface area contributed by atoms with E-state index in [9.17, 15) is 9.18 Å². The molecule has 0 aliphatic rings. The zero-order valence-corrected chi connectivity index (χ0v) is 17.5. The van der Waals surface area contributed by atoms with Crippen LogP contribution in [0.1, 0.15) is 28.4 Å². The minimum absolute atomic E-state index is 0. The number of halogens is 1. The van der Waals surface area contributed by atoms with Crippen LogP contribution in [0.3, 0.4) is 0 Å². The van der Waals surface area contributed by atoms with Crippen LogP contribution in [0.4, 0.5) is 4.39 Å². The van der Waals surface area contributed by atoms with E-state index in [-0.39, 0.29) is 11.4 Å². The van der Waals surface area contributed by atoms with Crippen molar-refractivity contribution in [1.29, 1.82) is 0 Å². The molecule has 0 atom stereocenters. The maximum absolute atomic E-state index is 13.7. The molecule has 0 fully saturated rings. The zero-order chi connectivity index (χ0) is 21.1. The molecule has 0 aromatic heterocycles. The fourth-order valence-electron chi connectivity index (χ4n) is 2.47. The molecule has 0 saturated carbocycles. The number of methoxy groups -OCH3 is 2. The first-order chi connectivity index (χ1) is 13.4. The van der Waals surface area contributed by atoms with Crippen LogP contribution in [-0.4, -0.2) is 37.6 Å². The average Bonchev–Trinajstić information content (AvgIpc) is 2.69.